The third-order valence-corrected chi connectivity index (χ3v) is 5.33. The number of pyridine rings is 2. The SMILES string of the molecule is CC.CC.CNCCCN1C(c2ncccc2C)CCCC1c1ncccc1C. The average Bonchev–Trinajstić information content (AvgIpc) is 2.78. The highest BCUT2D eigenvalue weighted by atomic mass is 15.2. The van der Waals surface area contributed by atoms with Crippen LogP contribution in [0.4, 0.5) is 0 Å². The summed E-state index contributed by atoms with van der Waals surface area (Å²) in [6, 6.07) is 9.21. The first kappa shape index (κ1) is 25.3. The van der Waals surface area contributed by atoms with E-state index in [0.717, 1.165) is 19.5 Å². The van der Waals surface area contributed by atoms with Gasteiger partial charge in [0, 0.05) is 18.9 Å². The number of hydrogen-bond donors (Lipinski definition) is 1. The van der Waals surface area contributed by atoms with Crippen molar-refractivity contribution < 1.29 is 0 Å². The quantitative estimate of drug-likeness (QED) is 0.604. The predicted molar refractivity (Wildman–Crippen MR) is 125 cm³/mol. The molecule has 29 heavy (non-hydrogen) atoms. The van der Waals surface area contributed by atoms with Gasteiger partial charge in [-0.1, -0.05) is 39.8 Å². The molecule has 1 N–H and O–H groups in total. The first-order chi connectivity index (χ1) is 14.2. The lowest BCUT2D eigenvalue weighted by atomic mass is 9.88. The summed E-state index contributed by atoms with van der Waals surface area (Å²) in [6.07, 6.45) is 8.60. The van der Waals surface area contributed by atoms with E-state index in [0.29, 0.717) is 12.1 Å². The molecule has 0 saturated carbocycles. The molecule has 2 unspecified atom stereocenters. The van der Waals surface area contributed by atoms with E-state index in [9.17, 15) is 0 Å². The minimum atomic E-state index is 0.387. The summed E-state index contributed by atoms with van der Waals surface area (Å²) in [5.41, 5.74) is 5.07. The van der Waals surface area contributed by atoms with Crippen LogP contribution in [-0.4, -0.2) is 35.0 Å². The number of piperidine rings is 1. The van der Waals surface area contributed by atoms with Gasteiger partial charge in [-0.25, -0.2) is 0 Å². The van der Waals surface area contributed by atoms with Crippen LogP contribution in [0.5, 0.6) is 0 Å². The van der Waals surface area contributed by atoms with Gasteiger partial charge in [-0.15, -0.1) is 0 Å². The highest BCUT2D eigenvalue weighted by molar-refractivity contribution is 5.25. The van der Waals surface area contributed by atoms with Crippen LogP contribution in [-0.2, 0) is 0 Å². The Morgan fingerprint density at radius 3 is 1.79 bits per heavy atom. The van der Waals surface area contributed by atoms with Crippen molar-refractivity contribution in [2.45, 2.75) is 79.3 Å². The molecule has 0 aliphatic carbocycles. The lowest BCUT2D eigenvalue weighted by Gasteiger charge is -2.42. The maximum Gasteiger partial charge on any atom is 0.0604 e. The standard InChI is InChI=1S/C21H30N4.2C2H6/c1-16-8-5-13-23-20(16)18-10-4-11-19(25(18)15-7-12-22-3)21-17(2)9-6-14-24-21;2*1-2/h5-6,8-9,13-14,18-19,22H,4,7,10-12,15H2,1-3H3;2*1-2H3. The number of aryl methyl sites for hydroxylation is 2. The topological polar surface area (TPSA) is 41.0 Å². The lowest BCUT2D eigenvalue weighted by Crippen LogP contribution is -2.39. The number of aromatic nitrogens is 2. The fourth-order valence-electron chi connectivity index (χ4n) is 4.08. The Bertz CT molecular complexity index is 633. The van der Waals surface area contributed by atoms with Crippen molar-refractivity contribution in [1.82, 2.24) is 20.2 Å². The zero-order valence-corrected chi connectivity index (χ0v) is 19.7. The molecule has 1 aliphatic rings. The van der Waals surface area contributed by atoms with E-state index in [2.05, 4.69) is 36.2 Å². The van der Waals surface area contributed by atoms with Crippen LogP contribution in [0.3, 0.4) is 0 Å². The second kappa shape index (κ2) is 14.2. The summed E-state index contributed by atoms with van der Waals surface area (Å²) in [6.45, 7) is 14.5. The van der Waals surface area contributed by atoms with Gasteiger partial charge in [-0.3, -0.25) is 14.9 Å². The molecule has 0 spiro atoms. The minimum absolute atomic E-state index is 0.387. The number of hydrogen-bond acceptors (Lipinski definition) is 4. The van der Waals surface area contributed by atoms with Crippen molar-refractivity contribution in [3.8, 4) is 0 Å². The molecule has 1 fully saturated rings. The lowest BCUT2D eigenvalue weighted by molar-refractivity contribution is 0.0751. The second-order valence-corrected chi connectivity index (χ2v) is 7.07. The summed E-state index contributed by atoms with van der Waals surface area (Å²) >= 11 is 0. The molecule has 162 valence electrons. The number of nitrogens with zero attached hydrogens (tertiary/aromatic N) is 3. The van der Waals surface area contributed by atoms with E-state index < -0.39 is 0 Å². The van der Waals surface area contributed by atoms with Gasteiger partial charge >= 0.3 is 0 Å². The van der Waals surface area contributed by atoms with Crippen LogP contribution in [0.1, 0.15) is 88.0 Å². The molecule has 0 radical (unpaired) electrons. The summed E-state index contributed by atoms with van der Waals surface area (Å²) in [5, 5.41) is 3.28. The Morgan fingerprint density at radius 2 is 1.38 bits per heavy atom. The zero-order valence-electron chi connectivity index (χ0n) is 19.7. The normalized spacial score (nSPS) is 18.9. The van der Waals surface area contributed by atoms with Crippen molar-refractivity contribution >= 4 is 0 Å². The van der Waals surface area contributed by atoms with Crippen molar-refractivity contribution in [2.75, 3.05) is 20.1 Å². The maximum absolute atomic E-state index is 4.75. The Morgan fingerprint density at radius 1 is 0.897 bits per heavy atom. The Kier molecular flexibility index (Phi) is 12.4. The van der Waals surface area contributed by atoms with Gasteiger partial charge in [-0.05, 0) is 76.4 Å². The fourth-order valence-corrected chi connectivity index (χ4v) is 4.08. The molecule has 0 amide bonds. The Hall–Kier alpha value is -1.78. The van der Waals surface area contributed by atoms with Crippen molar-refractivity contribution in [1.29, 1.82) is 0 Å². The summed E-state index contributed by atoms with van der Waals surface area (Å²) < 4.78 is 0. The van der Waals surface area contributed by atoms with Crippen LogP contribution in [0.25, 0.3) is 0 Å². The van der Waals surface area contributed by atoms with Crippen LogP contribution in [0, 0.1) is 13.8 Å². The number of nitrogens with one attached hydrogen (secondary N) is 1. The molecule has 0 aromatic carbocycles. The van der Waals surface area contributed by atoms with E-state index in [1.165, 1.54) is 41.8 Å². The first-order valence-corrected chi connectivity index (χ1v) is 11.5. The highest BCUT2D eigenvalue weighted by Crippen LogP contribution is 2.41. The van der Waals surface area contributed by atoms with Gasteiger partial charge in [0.15, 0.2) is 0 Å². The monoisotopic (exact) mass is 398 g/mol. The van der Waals surface area contributed by atoms with E-state index in [4.69, 9.17) is 9.97 Å². The smallest absolute Gasteiger partial charge is 0.0604 e. The van der Waals surface area contributed by atoms with Crippen molar-refractivity contribution in [2.24, 2.45) is 0 Å². The van der Waals surface area contributed by atoms with Crippen LogP contribution < -0.4 is 5.32 Å². The highest BCUT2D eigenvalue weighted by Gasteiger charge is 2.34. The molecule has 3 rings (SSSR count). The average molecular weight is 399 g/mol. The first-order valence-electron chi connectivity index (χ1n) is 11.5. The Labute approximate surface area is 179 Å². The van der Waals surface area contributed by atoms with E-state index in [1.54, 1.807) is 0 Å². The van der Waals surface area contributed by atoms with Crippen LogP contribution in [0.2, 0.25) is 0 Å². The maximum atomic E-state index is 4.75. The molecule has 2 aromatic rings. The van der Waals surface area contributed by atoms with Gasteiger partial charge in [-0.2, -0.15) is 0 Å². The van der Waals surface area contributed by atoms with E-state index in [1.807, 2.05) is 59.3 Å². The van der Waals surface area contributed by atoms with Gasteiger partial charge in [0.1, 0.15) is 0 Å². The molecule has 0 bridgehead atoms. The fraction of sp³-hybridized carbons (Fsp3) is 0.600. The molecule has 1 saturated heterocycles. The summed E-state index contributed by atoms with van der Waals surface area (Å²) in [5.74, 6) is 0. The van der Waals surface area contributed by atoms with Gasteiger partial charge in [0.25, 0.3) is 0 Å². The molecule has 4 nitrogen and oxygen atoms in total. The molecule has 2 aromatic heterocycles. The van der Waals surface area contributed by atoms with E-state index in [-0.39, 0.29) is 0 Å². The Balaban J connectivity index is 0.000000989. The van der Waals surface area contributed by atoms with Gasteiger partial charge in [0.2, 0.25) is 0 Å². The third kappa shape index (κ3) is 6.90. The molecule has 3 heterocycles. The molecule has 2 atom stereocenters. The second-order valence-electron chi connectivity index (χ2n) is 7.07. The largest absolute Gasteiger partial charge is 0.320 e. The van der Waals surface area contributed by atoms with Gasteiger partial charge in [0.05, 0.1) is 23.5 Å². The number of rotatable bonds is 6. The van der Waals surface area contributed by atoms with Crippen molar-refractivity contribution in [3.05, 3.63) is 59.2 Å². The third-order valence-electron chi connectivity index (χ3n) is 5.33. The predicted octanol–water partition coefficient (Wildman–Crippen LogP) is 6.02. The molecular weight excluding hydrogens is 356 g/mol. The summed E-state index contributed by atoms with van der Waals surface area (Å²) in [7, 11) is 2.02. The zero-order chi connectivity index (χ0) is 21.6. The van der Waals surface area contributed by atoms with Crippen LogP contribution in [0.15, 0.2) is 36.7 Å². The van der Waals surface area contributed by atoms with Crippen LogP contribution >= 0.6 is 0 Å². The number of likely N-dealkylation sites (tertiary alicyclic amines) is 1. The minimum Gasteiger partial charge on any atom is -0.320 e. The molecule has 4 heteroatoms. The summed E-state index contributed by atoms with van der Waals surface area (Å²) in [4.78, 5) is 12.2. The van der Waals surface area contributed by atoms with E-state index >= 15 is 0 Å². The molecule has 1 aliphatic heterocycles. The van der Waals surface area contributed by atoms with Crippen molar-refractivity contribution in [3.63, 3.8) is 0 Å². The van der Waals surface area contributed by atoms with Gasteiger partial charge < -0.3 is 5.32 Å². The molecular formula is C25H42N4.